The molecular formula is C11H24N2O3. The largest absolute Gasteiger partial charge is 0.351 e. The van der Waals surface area contributed by atoms with Crippen molar-refractivity contribution < 1.29 is 14.3 Å². The number of hydrogen-bond acceptors (Lipinski definition) is 4. The van der Waals surface area contributed by atoms with Gasteiger partial charge in [-0.15, -0.1) is 0 Å². The van der Waals surface area contributed by atoms with Crippen LogP contribution < -0.4 is 11.1 Å². The number of carbonyl (C=O) groups is 1. The topological polar surface area (TPSA) is 73.6 Å². The van der Waals surface area contributed by atoms with Gasteiger partial charge in [0.1, 0.15) is 0 Å². The van der Waals surface area contributed by atoms with Crippen LogP contribution in [0.15, 0.2) is 0 Å². The second-order valence-corrected chi connectivity index (χ2v) is 3.48. The van der Waals surface area contributed by atoms with Crippen molar-refractivity contribution in [2.45, 2.75) is 45.9 Å². The average molecular weight is 232 g/mol. The van der Waals surface area contributed by atoms with E-state index in [1.165, 1.54) is 0 Å². The van der Waals surface area contributed by atoms with Gasteiger partial charge in [-0.1, -0.05) is 13.3 Å². The molecule has 0 fully saturated rings. The Balaban J connectivity index is 3.85. The van der Waals surface area contributed by atoms with Crippen LogP contribution in [0.25, 0.3) is 0 Å². The van der Waals surface area contributed by atoms with Crippen LogP contribution in [0.3, 0.4) is 0 Å². The Kier molecular flexibility index (Phi) is 9.18. The quantitative estimate of drug-likeness (QED) is 0.572. The summed E-state index contributed by atoms with van der Waals surface area (Å²) in [6.07, 6.45) is 1.21. The summed E-state index contributed by atoms with van der Waals surface area (Å²) in [6, 6.07) is -0.436. The zero-order valence-electron chi connectivity index (χ0n) is 10.5. The molecule has 0 aliphatic carbocycles. The smallest absolute Gasteiger partial charge is 0.237 e. The third-order valence-corrected chi connectivity index (χ3v) is 2.08. The maximum Gasteiger partial charge on any atom is 0.237 e. The highest BCUT2D eigenvalue weighted by Crippen LogP contribution is 1.96. The molecule has 5 nitrogen and oxygen atoms in total. The van der Waals surface area contributed by atoms with E-state index in [0.29, 0.717) is 26.2 Å². The van der Waals surface area contributed by atoms with E-state index in [9.17, 15) is 4.79 Å². The molecule has 0 aliphatic rings. The second kappa shape index (κ2) is 9.57. The summed E-state index contributed by atoms with van der Waals surface area (Å²) < 4.78 is 10.6. The van der Waals surface area contributed by atoms with Crippen LogP contribution in [0.1, 0.15) is 33.6 Å². The highest BCUT2D eigenvalue weighted by molar-refractivity contribution is 5.81. The first-order valence-electron chi connectivity index (χ1n) is 5.92. The van der Waals surface area contributed by atoms with Crippen molar-refractivity contribution in [1.82, 2.24) is 5.32 Å². The normalized spacial score (nSPS) is 12.8. The molecule has 96 valence electrons. The van der Waals surface area contributed by atoms with Crippen LogP contribution in [0, 0.1) is 0 Å². The van der Waals surface area contributed by atoms with Crippen LogP contribution in [-0.2, 0) is 14.3 Å². The van der Waals surface area contributed by atoms with Gasteiger partial charge in [-0.25, -0.2) is 0 Å². The van der Waals surface area contributed by atoms with Crippen molar-refractivity contribution in [3.63, 3.8) is 0 Å². The number of nitrogens with one attached hydrogen (secondary N) is 1. The summed E-state index contributed by atoms with van der Waals surface area (Å²) in [4.78, 5) is 11.5. The molecule has 0 radical (unpaired) electrons. The van der Waals surface area contributed by atoms with Gasteiger partial charge in [0.05, 0.1) is 12.6 Å². The minimum absolute atomic E-state index is 0.147. The SMILES string of the molecule is CCC[C@@H](N)C(=O)NCC(OCC)OCC. The fourth-order valence-electron chi connectivity index (χ4n) is 1.29. The molecule has 1 amide bonds. The lowest BCUT2D eigenvalue weighted by Gasteiger charge is -2.18. The van der Waals surface area contributed by atoms with Gasteiger partial charge in [0.25, 0.3) is 0 Å². The van der Waals surface area contributed by atoms with Crippen molar-refractivity contribution in [3.05, 3.63) is 0 Å². The predicted molar refractivity (Wildman–Crippen MR) is 62.9 cm³/mol. The van der Waals surface area contributed by atoms with Crippen molar-refractivity contribution in [3.8, 4) is 0 Å². The third-order valence-electron chi connectivity index (χ3n) is 2.08. The van der Waals surface area contributed by atoms with Gasteiger partial charge < -0.3 is 20.5 Å². The minimum Gasteiger partial charge on any atom is -0.351 e. The highest BCUT2D eigenvalue weighted by atomic mass is 16.7. The average Bonchev–Trinajstić information content (AvgIpc) is 2.26. The van der Waals surface area contributed by atoms with Gasteiger partial charge >= 0.3 is 0 Å². The molecule has 0 unspecified atom stereocenters. The van der Waals surface area contributed by atoms with Gasteiger partial charge in [0.2, 0.25) is 5.91 Å². The molecule has 16 heavy (non-hydrogen) atoms. The van der Waals surface area contributed by atoms with Crippen LogP contribution >= 0.6 is 0 Å². The van der Waals surface area contributed by atoms with E-state index in [4.69, 9.17) is 15.2 Å². The number of hydrogen-bond donors (Lipinski definition) is 2. The molecule has 0 saturated heterocycles. The van der Waals surface area contributed by atoms with E-state index >= 15 is 0 Å². The van der Waals surface area contributed by atoms with Gasteiger partial charge in [0, 0.05) is 13.2 Å². The first kappa shape index (κ1) is 15.3. The van der Waals surface area contributed by atoms with Crippen molar-refractivity contribution in [1.29, 1.82) is 0 Å². The van der Waals surface area contributed by atoms with Gasteiger partial charge in [-0.3, -0.25) is 4.79 Å². The Hall–Kier alpha value is -0.650. The van der Waals surface area contributed by atoms with Crippen LogP contribution in [0.2, 0.25) is 0 Å². The van der Waals surface area contributed by atoms with E-state index in [2.05, 4.69) is 5.32 Å². The molecule has 0 aliphatic heterocycles. The van der Waals surface area contributed by atoms with E-state index in [1.807, 2.05) is 20.8 Å². The molecule has 0 bridgehead atoms. The lowest BCUT2D eigenvalue weighted by Crippen LogP contribution is -2.44. The van der Waals surface area contributed by atoms with Gasteiger partial charge in [-0.05, 0) is 20.3 Å². The summed E-state index contributed by atoms with van der Waals surface area (Å²) >= 11 is 0. The van der Waals surface area contributed by atoms with Crippen molar-refractivity contribution in [2.75, 3.05) is 19.8 Å². The molecule has 0 rings (SSSR count). The van der Waals surface area contributed by atoms with E-state index in [1.54, 1.807) is 0 Å². The molecular weight excluding hydrogens is 208 g/mol. The zero-order chi connectivity index (χ0) is 12.4. The standard InChI is InChI=1S/C11H24N2O3/c1-4-7-9(12)11(14)13-8-10(15-5-2)16-6-3/h9-10H,4-8,12H2,1-3H3,(H,13,14)/t9-/m1/s1. The maximum absolute atomic E-state index is 11.5. The Bertz CT molecular complexity index is 182. The zero-order valence-corrected chi connectivity index (χ0v) is 10.5. The molecule has 0 aromatic heterocycles. The number of ether oxygens (including phenoxy) is 2. The molecule has 5 heteroatoms. The molecule has 3 N–H and O–H groups in total. The van der Waals surface area contributed by atoms with Crippen molar-refractivity contribution >= 4 is 5.91 Å². The molecule has 0 spiro atoms. The molecule has 0 aromatic rings. The fourth-order valence-corrected chi connectivity index (χ4v) is 1.29. The van der Waals surface area contributed by atoms with Crippen LogP contribution in [0.4, 0.5) is 0 Å². The second-order valence-electron chi connectivity index (χ2n) is 3.48. The fraction of sp³-hybridized carbons (Fsp3) is 0.909. The molecule has 0 saturated carbocycles. The van der Waals surface area contributed by atoms with Crippen LogP contribution in [-0.4, -0.2) is 38.0 Å². The molecule has 1 atom stereocenters. The number of nitrogens with two attached hydrogens (primary N) is 1. The number of amides is 1. The van der Waals surface area contributed by atoms with Crippen molar-refractivity contribution in [2.24, 2.45) is 5.73 Å². The van der Waals surface area contributed by atoms with E-state index < -0.39 is 6.04 Å². The Morgan fingerprint density at radius 3 is 2.25 bits per heavy atom. The monoisotopic (exact) mass is 232 g/mol. The Morgan fingerprint density at radius 2 is 1.81 bits per heavy atom. The summed E-state index contributed by atoms with van der Waals surface area (Å²) in [5.41, 5.74) is 5.67. The predicted octanol–water partition coefficient (Wildman–Crippen LogP) is 0.629. The number of rotatable bonds is 9. The molecule has 0 aromatic carbocycles. The number of carbonyl (C=O) groups excluding carboxylic acids is 1. The van der Waals surface area contributed by atoms with Crippen LogP contribution in [0.5, 0.6) is 0 Å². The minimum atomic E-state index is -0.436. The highest BCUT2D eigenvalue weighted by Gasteiger charge is 2.14. The first-order chi connectivity index (χ1) is 7.65. The summed E-state index contributed by atoms with van der Waals surface area (Å²) in [5, 5.41) is 2.72. The lowest BCUT2D eigenvalue weighted by molar-refractivity contribution is -0.141. The molecule has 0 heterocycles. The summed E-state index contributed by atoms with van der Waals surface area (Å²) in [6.45, 7) is 7.23. The lowest BCUT2D eigenvalue weighted by atomic mass is 10.2. The Labute approximate surface area is 97.7 Å². The third kappa shape index (κ3) is 6.76. The van der Waals surface area contributed by atoms with Gasteiger partial charge in [0.15, 0.2) is 6.29 Å². The first-order valence-corrected chi connectivity index (χ1v) is 5.92. The van der Waals surface area contributed by atoms with Gasteiger partial charge in [-0.2, -0.15) is 0 Å². The summed E-state index contributed by atoms with van der Waals surface area (Å²) in [5.74, 6) is -0.147. The summed E-state index contributed by atoms with van der Waals surface area (Å²) in [7, 11) is 0. The maximum atomic E-state index is 11.5. The van der Waals surface area contributed by atoms with E-state index in [0.717, 1.165) is 6.42 Å². The Morgan fingerprint density at radius 1 is 1.25 bits per heavy atom. The van der Waals surface area contributed by atoms with E-state index in [-0.39, 0.29) is 12.2 Å².